The zero-order valence-corrected chi connectivity index (χ0v) is 18.6. The number of hydrogen-bond donors (Lipinski definition) is 1. The lowest BCUT2D eigenvalue weighted by atomic mass is 9.95. The largest absolute Gasteiger partial charge is 0.345 e. The van der Waals surface area contributed by atoms with E-state index in [2.05, 4.69) is 11.2 Å². The normalized spacial score (nSPS) is 16.7. The van der Waals surface area contributed by atoms with Crippen molar-refractivity contribution in [3.63, 3.8) is 0 Å². The van der Waals surface area contributed by atoms with Crippen LogP contribution in [0.25, 0.3) is 5.65 Å². The minimum atomic E-state index is -0.371. The molecule has 1 aliphatic heterocycles. The van der Waals surface area contributed by atoms with Crippen LogP contribution in [-0.4, -0.2) is 50.9 Å². The number of carbonyl (C=O) groups excluding carboxylic acids is 2. The Balaban J connectivity index is 1.78. The molecule has 7 nitrogen and oxygen atoms in total. The molecule has 2 aromatic heterocycles. The Hall–Kier alpha value is -2.88. The van der Waals surface area contributed by atoms with Crippen LogP contribution >= 0.6 is 0 Å². The fourth-order valence-corrected chi connectivity index (χ4v) is 4.04. The summed E-state index contributed by atoms with van der Waals surface area (Å²) in [4.78, 5) is 31.2. The summed E-state index contributed by atoms with van der Waals surface area (Å²) in [7, 11) is 0. The van der Waals surface area contributed by atoms with Crippen LogP contribution < -0.4 is 5.32 Å². The molecule has 0 bridgehead atoms. The number of likely N-dealkylation sites (tertiary alicyclic amines) is 1. The molecule has 0 aliphatic carbocycles. The summed E-state index contributed by atoms with van der Waals surface area (Å²) in [6.07, 6.45) is 7.04. The second-order valence-electron chi connectivity index (χ2n) is 9.07. The first-order chi connectivity index (χ1) is 14.1. The summed E-state index contributed by atoms with van der Waals surface area (Å²) in [5.74, 6) is 2.74. The second-order valence-corrected chi connectivity index (χ2v) is 9.07. The van der Waals surface area contributed by atoms with Gasteiger partial charge in [0.1, 0.15) is 0 Å². The van der Waals surface area contributed by atoms with Gasteiger partial charge in [0.15, 0.2) is 5.65 Å². The van der Waals surface area contributed by atoms with Crippen molar-refractivity contribution in [2.24, 2.45) is 5.41 Å². The lowest BCUT2D eigenvalue weighted by molar-refractivity contribution is -0.138. The zero-order chi connectivity index (χ0) is 22.1. The molecule has 30 heavy (non-hydrogen) atoms. The third-order valence-corrected chi connectivity index (χ3v) is 5.71. The van der Waals surface area contributed by atoms with Gasteiger partial charge < -0.3 is 10.2 Å². The van der Waals surface area contributed by atoms with Crippen molar-refractivity contribution >= 4 is 17.5 Å². The van der Waals surface area contributed by atoms with Gasteiger partial charge in [-0.25, -0.2) is 9.50 Å². The van der Waals surface area contributed by atoms with Crippen LogP contribution in [-0.2, 0) is 16.0 Å². The highest BCUT2D eigenvalue weighted by atomic mass is 16.2. The zero-order valence-electron chi connectivity index (χ0n) is 18.6. The average Bonchev–Trinajstić information content (AvgIpc) is 3.31. The summed E-state index contributed by atoms with van der Waals surface area (Å²) in [5, 5.41) is 7.51. The van der Waals surface area contributed by atoms with E-state index in [1.165, 1.54) is 0 Å². The molecular formula is C23H31N5O2. The van der Waals surface area contributed by atoms with Crippen LogP contribution in [0.1, 0.15) is 62.2 Å². The highest BCUT2D eigenvalue weighted by molar-refractivity contribution is 5.81. The molecule has 1 N–H and O–H groups in total. The molecule has 1 aliphatic rings. The second kappa shape index (κ2) is 8.47. The smallest absolute Gasteiger partial charge is 0.227 e. The molecule has 0 radical (unpaired) electrons. The SMILES string of the molecule is C#CCNC(=O)CCc1c(C)nc2cc([C@@H]3CCN(C(=O)C(C)(C)C)C3)nn2c1C. The van der Waals surface area contributed by atoms with Crippen LogP contribution in [0, 0.1) is 31.6 Å². The number of aryl methyl sites for hydroxylation is 2. The van der Waals surface area contributed by atoms with Crippen LogP contribution in [0.2, 0.25) is 0 Å². The van der Waals surface area contributed by atoms with Gasteiger partial charge in [-0.2, -0.15) is 5.10 Å². The molecule has 0 saturated carbocycles. The molecule has 0 unspecified atom stereocenters. The van der Waals surface area contributed by atoms with Crippen molar-refractivity contribution in [1.82, 2.24) is 24.8 Å². The number of nitrogens with zero attached hydrogens (tertiary/aromatic N) is 4. The number of terminal acetylenes is 1. The van der Waals surface area contributed by atoms with E-state index in [0.717, 1.165) is 41.3 Å². The molecule has 1 saturated heterocycles. The average molecular weight is 410 g/mol. The Morgan fingerprint density at radius 1 is 1.33 bits per heavy atom. The molecule has 1 atom stereocenters. The molecule has 0 spiro atoms. The number of carbonyl (C=O) groups is 2. The van der Waals surface area contributed by atoms with Gasteiger partial charge in [0.25, 0.3) is 0 Å². The topological polar surface area (TPSA) is 79.6 Å². The first-order valence-corrected chi connectivity index (χ1v) is 10.5. The maximum atomic E-state index is 12.6. The molecule has 7 heteroatoms. The Kier molecular flexibility index (Phi) is 6.16. The standard InChI is InChI=1S/C23H31N5O2/c1-7-11-24-21(29)9-8-18-15(2)25-20-13-19(26-28(20)16(18)3)17-10-12-27(14-17)22(30)23(4,5)6/h1,13,17H,8-12,14H2,2-6H3,(H,24,29)/t17-/m1/s1. The van der Waals surface area contributed by atoms with E-state index < -0.39 is 0 Å². The van der Waals surface area contributed by atoms with Gasteiger partial charge in [-0.05, 0) is 32.3 Å². The molecule has 160 valence electrons. The third-order valence-electron chi connectivity index (χ3n) is 5.71. The fraction of sp³-hybridized carbons (Fsp3) is 0.565. The van der Waals surface area contributed by atoms with E-state index in [9.17, 15) is 9.59 Å². The van der Waals surface area contributed by atoms with Gasteiger partial charge in [0.05, 0.1) is 12.2 Å². The van der Waals surface area contributed by atoms with Crippen molar-refractivity contribution in [1.29, 1.82) is 0 Å². The maximum absolute atomic E-state index is 12.6. The quantitative estimate of drug-likeness (QED) is 0.769. The predicted molar refractivity (Wildman–Crippen MR) is 116 cm³/mol. The van der Waals surface area contributed by atoms with Crippen LogP contribution in [0.5, 0.6) is 0 Å². The van der Waals surface area contributed by atoms with E-state index in [4.69, 9.17) is 16.5 Å². The van der Waals surface area contributed by atoms with Gasteiger partial charge >= 0.3 is 0 Å². The van der Waals surface area contributed by atoms with E-state index >= 15 is 0 Å². The Labute approximate surface area is 178 Å². The number of hydrogen-bond acceptors (Lipinski definition) is 4. The Morgan fingerprint density at radius 2 is 2.07 bits per heavy atom. The lowest BCUT2D eigenvalue weighted by Gasteiger charge is -2.25. The molecule has 1 fully saturated rings. The van der Waals surface area contributed by atoms with Gasteiger partial charge in [0, 0.05) is 48.3 Å². The fourth-order valence-electron chi connectivity index (χ4n) is 4.04. The van der Waals surface area contributed by atoms with Crippen LogP contribution in [0.3, 0.4) is 0 Å². The van der Waals surface area contributed by atoms with Gasteiger partial charge in [-0.15, -0.1) is 6.42 Å². The molecular weight excluding hydrogens is 378 g/mol. The van der Waals surface area contributed by atoms with Gasteiger partial charge in [-0.1, -0.05) is 26.7 Å². The van der Waals surface area contributed by atoms with E-state index in [1.807, 2.05) is 50.1 Å². The predicted octanol–water partition coefficient (Wildman–Crippen LogP) is 2.39. The van der Waals surface area contributed by atoms with Gasteiger partial charge in [-0.3, -0.25) is 9.59 Å². The number of amides is 2. The van der Waals surface area contributed by atoms with Crippen molar-refractivity contribution in [3.8, 4) is 12.3 Å². The lowest BCUT2D eigenvalue weighted by Crippen LogP contribution is -2.37. The Morgan fingerprint density at radius 3 is 2.73 bits per heavy atom. The van der Waals surface area contributed by atoms with Crippen LogP contribution in [0.15, 0.2) is 6.07 Å². The summed E-state index contributed by atoms with van der Waals surface area (Å²) in [5.41, 5.74) is 4.34. The Bertz CT molecular complexity index is 1010. The molecule has 3 rings (SSSR count). The summed E-state index contributed by atoms with van der Waals surface area (Å²) in [6, 6.07) is 2.03. The number of rotatable bonds is 5. The van der Waals surface area contributed by atoms with Crippen LogP contribution in [0.4, 0.5) is 0 Å². The number of aromatic nitrogens is 3. The number of fused-ring (bicyclic) bond motifs is 1. The van der Waals surface area contributed by atoms with Crippen molar-refractivity contribution in [2.75, 3.05) is 19.6 Å². The third kappa shape index (κ3) is 4.48. The minimum absolute atomic E-state index is 0.0671. The molecule has 3 heterocycles. The van der Waals surface area contributed by atoms with Crippen molar-refractivity contribution < 1.29 is 9.59 Å². The number of nitrogens with one attached hydrogen (secondary N) is 1. The van der Waals surface area contributed by atoms with E-state index in [1.54, 1.807) is 0 Å². The monoisotopic (exact) mass is 409 g/mol. The van der Waals surface area contributed by atoms with Crippen molar-refractivity contribution in [3.05, 3.63) is 28.7 Å². The first-order valence-electron chi connectivity index (χ1n) is 10.5. The summed E-state index contributed by atoms with van der Waals surface area (Å²) >= 11 is 0. The first kappa shape index (κ1) is 21.8. The van der Waals surface area contributed by atoms with Crippen molar-refractivity contribution in [2.45, 2.75) is 59.8 Å². The van der Waals surface area contributed by atoms with Gasteiger partial charge in [0.2, 0.25) is 11.8 Å². The minimum Gasteiger partial charge on any atom is -0.345 e. The highest BCUT2D eigenvalue weighted by Gasteiger charge is 2.34. The summed E-state index contributed by atoms with van der Waals surface area (Å²) < 4.78 is 1.87. The highest BCUT2D eigenvalue weighted by Crippen LogP contribution is 2.30. The van der Waals surface area contributed by atoms with E-state index in [0.29, 0.717) is 19.4 Å². The maximum Gasteiger partial charge on any atom is 0.227 e. The van der Waals surface area contributed by atoms with E-state index in [-0.39, 0.29) is 29.7 Å². The molecule has 2 aromatic rings. The molecule has 2 amide bonds. The molecule has 0 aromatic carbocycles. The summed E-state index contributed by atoms with van der Waals surface area (Å²) in [6.45, 7) is 11.5.